The first-order valence-corrected chi connectivity index (χ1v) is 9.60. The summed E-state index contributed by atoms with van der Waals surface area (Å²) in [6, 6.07) is 4.92. The number of carbonyl (C=O) groups is 2. The van der Waals surface area contributed by atoms with Gasteiger partial charge < -0.3 is 10.1 Å². The normalized spacial score (nSPS) is 10.6. The molecule has 0 fully saturated rings. The molecule has 2 aromatic rings. The third-order valence-corrected chi connectivity index (χ3v) is 4.84. The Morgan fingerprint density at radius 1 is 1.44 bits per heavy atom. The smallest absolute Gasteiger partial charge is 0.305 e. The fourth-order valence-corrected chi connectivity index (χ4v) is 3.33. The van der Waals surface area contributed by atoms with Gasteiger partial charge in [-0.25, -0.2) is 4.98 Å². The number of hydrogen-bond donors (Lipinski definition) is 1. The minimum atomic E-state index is -0.312. The van der Waals surface area contributed by atoms with Gasteiger partial charge >= 0.3 is 5.97 Å². The van der Waals surface area contributed by atoms with Crippen molar-refractivity contribution < 1.29 is 14.3 Å². The molecule has 0 aliphatic heterocycles. The maximum absolute atomic E-state index is 12.7. The molecule has 0 saturated carbocycles. The molecule has 0 spiro atoms. The van der Waals surface area contributed by atoms with Gasteiger partial charge in [-0.1, -0.05) is 29.4 Å². The summed E-state index contributed by atoms with van der Waals surface area (Å²) < 4.78 is 6.00. The van der Waals surface area contributed by atoms with Crippen molar-refractivity contribution in [3.05, 3.63) is 46.2 Å². The number of thioether (sulfide) groups is 1. The van der Waals surface area contributed by atoms with Crippen molar-refractivity contribution in [2.75, 3.05) is 19.4 Å². The standard InChI is InChI=1S/C18H20ClN3O4S/c1-3-9-22-17(25)13-10-12(19)6-7-14(13)21-18(22)27-11-15(23)20-8-4-5-16(24)26-2/h3,6-7,10H,1,4-5,8-9,11H2,2H3,(H,20,23). The van der Waals surface area contributed by atoms with Crippen molar-refractivity contribution in [3.8, 4) is 0 Å². The highest BCUT2D eigenvalue weighted by Gasteiger charge is 2.13. The van der Waals surface area contributed by atoms with Gasteiger partial charge in [-0.05, 0) is 24.6 Å². The van der Waals surface area contributed by atoms with E-state index in [0.717, 1.165) is 11.8 Å². The number of nitrogens with one attached hydrogen (secondary N) is 1. The number of rotatable bonds is 9. The van der Waals surface area contributed by atoms with Gasteiger partial charge in [0.25, 0.3) is 5.56 Å². The van der Waals surface area contributed by atoms with Crippen LogP contribution in [0.4, 0.5) is 0 Å². The molecule has 2 rings (SSSR count). The first-order chi connectivity index (χ1) is 13.0. The number of allylic oxidation sites excluding steroid dienone is 1. The molecule has 7 nitrogen and oxygen atoms in total. The molecule has 0 radical (unpaired) electrons. The van der Waals surface area contributed by atoms with Gasteiger partial charge in [0.05, 0.1) is 23.8 Å². The first-order valence-electron chi connectivity index (χ1n) is 8.23. The summed E-state index contributed by atoms with van der Waals surface area (Å²) in [5, 5.41) is 4.03. The van der Waals surface area contributed by atoms with E-state index in [-0.39, 0.29) is 36.2 Å². The largest absolute Gasteiger partial charge is 0.469 e. The van der Waals surface area contributed by atoms with Crippen molar-refractivity contribution in [2.45, 2.75) is 24.5 Å². The van der Waals surface area contributed by atoms with E-state index in [4.69, 9.17) is 11.6 Å². The summed E-state index contributed by atoms with van der Waals surface area (Å²) in [6.07, 6.45) is 2.34. The Bertz CT molecular complexity index is 913. The number of benzene rings is 1. The molecule has 1 heterocycles. The Morgan fingerprint density at radius 2 is 2.22 bits per heavy atom. The van der Waals surface area contributed by atoms with Crippen LogP contribution >= 0.6 is 23.4 Å². The zero-order valence-corrected chi connectivity index (χ0v) is 16.4. The van der Waals surface area contributed by atoms with Crippen molar-refractivity contribution in [1.82, 2.24) is 14.9 Å². The average molecular weight is 410 g/mol. The van der Waals surface area contributed by atoms with E-state index in [1.807, 2.05) is 0 Å². The van der Waals surface area contributed by atoms with Crippen LogP contribution in [0.2, 0.25) is 5.02 Å². The highest BCUT2D eigenvalue weighted by molar-refractivity contribution is 7.99. The number of nitrogens with zero attached hydrogens (tertiary/aromatic N) is 2. The Balaban J connectivity index is 2.07. The lowest BCUT2D eigenvalue weighted by Gasteiger charge is -2.11. The van der Waals surface area contributed by atoms with Crippen LogP contribution < -0.4 is 10.9 Å². The minimum absolute atomic E-state index is 0.0981. The number of aromatic nitrogens is 2. The quantitative estimate of drug-likeness (QED) is 0.225. The van der Waals surface area contributed by atoms with Gasteiger partial charge in [-0.15, -0.1) is 6.58 Å². The third kappa shape index (κ3) is 5.83. The minimum Gasteiger partial charge on any atom is -0.469 e. The maximum atomic E-state index is 12.7. The summed E-state index contributed by atoms with van der Waals surface area (Å²) in [5.74, 6) is -0.422. The van der Waals surface area contributed by atoms with Crippen LogP contribution in [0.1, 0.15) is 12.8 Å². The van der Waals surface area contributed by atoms with E-state index in [9.17, 15) is 14.4 Å². The van der Waals surface area contributed by atoms with E-state index in [1.54, 1.807) is 24.3 Å². The number of methoxy groups -OCH3 is 1. The number of ether oxygens (including phenoxy) is 1. The molecule has 0 atom stereocenters. The SMILES string of the molecule is C=CCn1c(SCC(=O)NCCCC(=O)OC)nc2ccc(Cl)cc2c1=O. The van der Waals surface area contributed by atoms with Gasteiger partial charge in [-0.2, -0.15) is 0 Å². The molecule has 27 heavy (non-hydrogen) atoms. The first kappa shape index (κ1) is 21.0. The summed E-state index contributed by atoms with van der Waals surface area (Å²) in [5.41, 5.74) is 0.286. The lowest BCUT2D eigenvalue weighted by molar-refractivity contribution is -0.140. The maximum Gasteiger partial charge on any atom is 0.305 e. The van der Waals surface area contributed by atoms with Gasteiger partial charge in [0, 0.05) is 24.5 Å². The third-order valence-electron chi connectivity index (χ3n) is 3.63. The van der Waals surface area contributed by atoms with E-state index >= 15 is 0 Å². The second-order valence-electron chi connectivity index (χ2n) is 5.58. The Labute approximate surface area is 165 Å². The molecular formula is C18H20ClN3O4S. The lowest BCUT2D eigenvalue weighted by Crippen LogP contribution is -2.28. The van der Waals surface area contributed by atoms with Crippen LogP contribution in [0.25, 0.3) is 10.9 Å². The molecule has 9 heteroatoms. The van der Waals surface area contributed by atoms with Crippen LogP contribution in [-0.4, -0.2) is 40.8 Å². The molecule has 0 bridgehead atoms. The zero-order chi connectivity index (χ0) is 19.8. The zero-order valence-electron chi connectivity index (χ0n) is 14.9. The number of fused-ring (bicyclic) bond motifs is 1. The van der Waals surface area contributed by atoms with Gasteiger partial charge in [0.1, 0.15) is 0 Å². The van der Waals surface area contributed by atoms with Crippen molar-refractivity contribution in [3.63, 3.8) is 0 Å². The molecule has 0 saturated heterocycles. The summed E-state index contributed by atoms with van der Waals surface area (Å²) in [7, 11) is 1.32. The highest BCUT2D eigenvalue weighted by atomic mass is 35.5. The van der Waals surface area contributed by atoms with Crippen LogP contribution in [-0.2, 0) is 20.9 Å². The molecule has 1 N–H and O–H groups in total. The fourth-order valence-electron chi connectivity index (χ4n) is 2.32. The van der Waals surface area contributed by atoms with E-state index in [1.165, 1.54) is 11.7 Å². The molecule has 0 aliphatic rings. The van der Waals surface area contributed by atoms with Crippen LogP contribution in [0, 0.1) is 0 Å². The van der Waals surface area contributed by atoms with E-state index < -0.39 is 0 Å². The van der Waals surface area contributed by atoms with Gasteiger partial charge in [-0.3, -0.25) is 19.0 Å². The molecular weight excluding hydrogens is 390 g/mol. The van der Waals surface area contributed by atoms with E-state index in [2.05, 4.69) is 21.6 Å². The Kier molecular flexibility index (Phi) is 7.87. The number of carbonyl (C=O) groups excluding carboxylic acids is 2. The average Bonchev–Trinajstić information content (AvgIpc) is 2.66. The van der Waals surface area contributed by atoms with Crippen LogP contribution in [0.3, 0.4) is 0 Å². The van der Waals surface area contributed by atoms with Crippen molar-refractivity contribution in [1.29, 1.82) is 0 Å². The van der Waals surface area contributed by atoms with Gasteiger partial charge in [0.2, 0.25) is 5.91 Å². The summed E-state index contributed by atoms with van der Waals surface area (Å²) in [4.78, 5) is 40.2. The van der Waals surface area contributed by atoms with Crippen LogP contribution in [0.15, 0.2) is 40.8 Å². The molecule has 0 aliphatic carbocycles. The molecule has 144 valence electrons. The second-order valence-corrected chi connectivity index (χ2v) is 6.96. The monoisotopic (exact) mass is 409 g/mol. The van der Waals surface area contributed by atoms with E-state index in [0.29, 0.717) is 34.0 Å². The van der Waals surface area contributed by atoms with Crippen molar-refractivity contribution in [2.24, 2.45) is 0 Å². The van der Waals surface area contributed by atoms with Crippen molar-refractivity contribution >= 4 is 46.1 Å². The van der Waals surface area contributed by atoms with Gasteiger partial charge in [0.15, 0.2) is 5.16 Å². The Morgan fingerprint density at radius 3 is 2.93 bits per heavy atom. The summed E-state index contributed by atoms with van der Waals surface area (Å²) >= 11 is 7.13. The second kappa shape index (κ2) is 10.1. The predicted molar refractivity (Wildman–Crippen MR) is 106 cm³/mol. The van der Waals surface area contributed by atoms with Crippen LogP contribution in [0.5, 0.6) is 0 Å². The number of esters is 1. The highest BCUT2D eigenvalue weighted by Crippen LogP contribution is 2.20. The molecule has 1 aromatic carbocycles. The Hall–Kier alpha value is -2.32. The molecule has 1 amide bonds. The topological polar surface area (TPSA) is 90.3 Å². The molecule has 1 aromatic heterocycles. The fraction of sp³-hybridized carbons (Fsp3) is 0.333. The number of amides is 1. The lowest BCUT2D eigenvalue weighted by atomic mass is 10.2. The number of halogens is 1. The number of hydrogen-bond acceptors (Lipinski definition) is 6. The molecule has 0 unspecified atom stereocenters. The predicted octanol–water partition coefficient (Wildman–Crippen LogP) is 2.40. The summed E-state index contributed by atoms with van der Waals surface area (Å²) in [6.45, 7) is 4.31.